The second-order valence-corrected chi connectivity index (χ2v) is 7.21. The highest BCUT2D eigenvalue weighted by Gasteiger charge is 2.08. The highest BCUT2D eigenvalue weighted by molar-refractivity contribution is 7.99. The molecule has 0 radical (unpaired) electrons. The fraction of sp³-hybridized carbons (Fsp3) is 1.00. The van der Waals surface area contributed by atoms with Crippen molar-refractivity contribution in [3.8, 4) is 0 Å². The minimum Gasteiger partial charge on any atom is -0.313 e. The van der Waals surface area contributed by atoms with E-state index in [1.165, 1.54) is 69.4 Å². The largest absolute Gasteiger partial charge is 0.313 e. The van der Waals surface area contributed by atoms with E-state index in [2.05, 4.69) is 44.8 Å². The van der Waals surface area contributed by atoms with Crippen LogP contribution in [-0.2, 0) is 0 Å². The van der Waals surface area contributed by atoms with E-state index in [-0.39, 0.29) is 0 Å². The van der Waals surface area contributed by atoms with E-state index in [4.69, 9.17) is 0 Å². The maximum atomic E-state index is 3.72. The van der Waals surface area contributed by atoms with Gasteiger partial charge in [0.1, 0.15) is 0 Å². The second kappa shape index (κ2) is 14.7. The molecule has 0 aromatic carbocycles. The van der Waals surface area contributed by atoms with Crippen molar-refractivity contribution in [3.05, 3.63) is 0 Å². The maximum Gasteiger partial charge on any atom is 0.0158 e. The minimum atomic E-state index is 0.745. The number of rotatable bonds is 14. The van der Waals surface area contributed by atoms with E-state index in [9.17, 15) is 0 Å². The van der Waals surface area contributed by atoms with E-state index in [1.54, 1.807) is 0 Å². The molecular formula is C17H37NS. The molecule has 0 rings (SSSR count). The van der Waals surface area contributed by atoms with Crippen LogP contribution in [0, 0.1) is 5.92 Å². The average Bonchev–Trinajstić information content (AvgIpc) is 2.38. The molecule has 1 nitrogen and oxygen atoms in total. The molecule has 0 aliphatic rings. The van der Waals surface area contributed by atoms with Gasteiger partial charge < -0.3 is 5.32 Å². The lowest BCUT2D eigenvalue weighted by atomic mass is 10.1. The summed E-state index contributed by atoms with van der Waals surface area (Å²) in [5.41, 5.74) is 0. The fourth-order valence-corrected chi connectivity index (χ4v) is 3.39. The normalized spacial score (nSPS) is 13.1. The predicted octanol–water partition coefficient (Wildman–Crippen LogP) is 5.49. The standard InChI is InChI=1S/C17H37NS/c1-5-7-8-9-10-11-12-17(18-13-6-2)15-19-14-16(3)4/h16-18H,5-15H2,1-4H3. The summed E-state index contributed by atoms with van der Waals surface area (Å²) in [5, 5.41) is 3.72. The first-order chi connectivity index (χ1) is 9.20. The first-order valence-electron chi connectivity index (χ1n) is 8.51. The lowest BCUT2D eigenvalue weighted by Crippen LogP contribution is -2.32. The molecule has 0 aromatic rings. The smallest absolute Gasteiger partial charge is 0.0158 e. The summed E-state index contributed by atoms with van der Waals surface area (Å²) in [6.07, 6.45) is 11.1. The molecule has 0 saturated heterocycles. The Bertz CT molecular complexity index is 171. The van der Waals surface area contributed by atoms with E-state index in [0.29, 0.717) is 0 Å². The zero-order valence-corrected chi connectivity index (χ0v) is 14.7. The van der Waals surface area contributed by atoms with Crippen molar-refractivity contribution < 1.29 is 0 Å². The molecule has 0 amide bonds. The van der Waals surface area contributed by atoms with Crippen molar-refractivity contribution in [2.24, 2.45) is 5.92 Å². The zero-order valence-electron chi connectivity index (χ0n) is 13.8. The third-order valence-corrected chi connectivity index (χ3v) is 4.90. The number of unbranched alkanes of at least 4 members (excludes halogenated alkanes) is 5. The van der Waals surface area contributed by atoms with E-state index in [0.717, 1.165) is 12.0 Å². The van der Waals surface area contributed by atoms with Gasteiger partial charge in [-0.3, -0.25) is 0 Å². The Morgan fingerprint density at radius 2 is 1.53 bits per heavy atom. The Labute approximate surface area is 126 Å². The summed E-state index contributed by atoms with van der Waals surface area (Å²) >= 11 is 2.13. The molecule has 1 unspecified atom stereocenters. The molecule has 0 aromatic heterocycles. The van der Waals surface area contributed by atoms with Gasteiger partial charge in [-0.1, -0.05) is 66.2 Å². The van der Waals surface area contributed by atoms with Crippen molar-refractivity contribution in [1.82, 2.24) is 5.32 Å². The lowest BCUT2D eigenvalue weighted by molar-refractivity contribution is 0.483. The van der Waals surface area contributed by atoms with Crippen LogP contribution in [-0.4, -0.2) is 24.1 Å². The first-order valence-corrected chi connectivity index (χ1v) is 9.67. The van der Waals surface area contributed by atoms with Gasteiger partial charge >= 0.3 is 0 Å². The van der Waals surface area contributed by atoms with Crippen molar-refractivity contribution in [2.75, 3.05) is 18.1 Å². The molecule has 0 heterocycles. The van der Waals surface area contributed by atoms with E-state index < -0.39 is 0 Å². The van der Waals surface area contributed by atoms with Gasteiger partial charge in [-0.05, 0) is 31.1 Å². The summed E-state index contributed by atoms with van der Waals surface area (Å²) in [6.45, 7) is 10.4. The van der Waals surface area contributed by atoms with Crippen LogP contribution < -0.4 is 5.32 Å². The Kier molecular flexibility index (Phi) is 15.0. The number of thioether (sulfide) groups is 1. The SMILES string of the molecule is CCCCCCCCC(CSCC(C)C)NCCC. The first kappa shape index (κ1) is 19.3. The Balaban J connectivity index is 3.61. The van der Waals surface area contributed by atoms with Crippen LogP contribution in [0.2, 0.25) is 0 Å². The Hall–Kier alpha value is 0.310. The Morgan fingerprint density at radius 1 is 0.842 bits per heavy atom. The average molecular weight is 288 g/mol. The molecule has 2 heteroatoms. The molecule has 116 valence electrons. The van der Waals surface area contributed by atoms with Gasteiger partial charge in [0.05, 0.1) is 0 Å². The maximum absolute atomic E-state index is 3.72. The zero-order chi connectivity index (χ0) is 14.3. The number of nitrogens with one attached hydrogen (secondary N) is 1. The van der Waals surface area contributed by atoms with Gasteiger partial charge in [0.15, 0.2) is 0 Å². The third kappa shape index (κ3) is 14.5. The van der Waals surface area contributed by atoms with Crippen molar-refractivity contribution in [1.29, 1.82) is 0 Å². The molecule has 19 heavy (non-hydrogen) atoms. The summed E-state index contributed by atoms with van der Waals surface area (Å²) in [7, 11) is 0. The monoisotopic (exact) mass is 287 g/mol. The summed E-state index contributed by atoms with van der Waals surface area (Å²) in [6, 6.07) is 0.745. The third-order valence-electron chi connectivity index (χ3n) is 3.36. The molecule has 0 spiro atoms. The highest BCUT2D eigenvalue weighted by Crippen LogP contribution is 2.14. The van der Waals surface area contributed by atoms with Gasteiger partial charge in [0.25, 0.3) is 0 Å². The molecule has 1 atom stereocenters. The molecule has 0 aliphatic heterocycles. The molecule has 0 saturated carbocycles. The van der Waals surface area contributed by atoms with Gasteiger partial charge in [0, 0.05) is 11.8 Å². The highest BCUT2D eigenvalue weighted by atomic mass is 32.2. The quantitative estimate of drug-likeness (QED) is 0.424. The van der Waals surface area contributed by atoms with Crippen LogP contribution in [0.3, 0.4) is 0 Å². The molecule has 0 bridgehead atoms. The van der Waals surface area contributed by atoms with E-state index >= 15 is 0 Å². The van der Waals surface area contributed by atoms with Gasteiger partial charge in [-0.15, -0.1) is 0 Å². The molecule has 0 fully saturated rings. The van der Waals surface area contributed by atoms with Crippen LogP contribution in [0.25, 0.3) is 0 Å². The minimum absolute atomic E-state index is 0.745. The Morgan fingerprint density at radius 3 is 2.16 bits per heavy atom. The number of hydrogen-bond donors (Lipinski definition) is 1. The number of hydrogen-bond acceptors (Lipinski definition) is 2. The molecule has 0 aliphatic carbocycles. The lowest BCUT2D eigenvalue weighted by Gasteiger charge is -2.18. The topological polar surface area (TPSA) is 12.0 Å². The summed E-state index contributed by atoms with van der Waals surface area (Å²) in [4.78, 5) is 0. The van der Waals surface area contributed by atoms with E-state index in [1.807, 2.05) is 0 Å². The van der Waals surface area contributed by atoms with Crippen molar-refractivity contribution in [3.63, 3.8) is 0 Å². The van der Waals surface area contributed by atoms with Gasteiger partial charge in [0.2, 0.25) is 0 Å². The molecule has 1 N–H and O–H groups in total. The summed E-state index contributed by atoms with van der Waals surface area (Å²) in [5.74, 6) is 3.43. The molecular weight excluding hydrogens is 250 g/mol. The van der Waals surface area contributed by atoms with Crippen LogP contribution >= 0.6 is 11.8 Å². The van der Waals surface area contributed by atoms with Crippen molar-refractivity contribution >= 4 is 11.8 Å². The van der Waals surface area contributed by atoms with Crippen molar-refractivity contribution in [2.45, 2.75) is 85.1 Å². The van der Waals surface area contributed by atoms with Crippen LogP contribution in [0.15, 0.2) is 0 Å². The van der Waals surface area contributed by atoms with Crippen LogP contribution in [0.4, 0.5) is 0 Å². The predicted molar refractivity (Wildman–Crippen MR) is 92.2 cm³/mol. The fourth-order valence-electron chi connectivity index (χ4n) is 2.21. The van der Waals surface area contributed by atoms with Crippen LogP contribution in [0.1, 0.15) is 79.1 Å². The second-order valence-electron chi connectivity index (χ2n) is 6.14. The van der Waals surface area contributed by atoms with Gasteiger partial charge in [-0.25, -0.2) is 0 Å². The van der Waals surface area contributed by atoms with Gasteiger partial charge in [-0.2, -0.15) is 11.8 Å². The summed E-state index contributed by atoms with van der Waals surface area (Å²) < 4.78 is 0. The van der Waals surface area contributed by atoms with Crippen LogP contribution in [0.5, 0.6) is 0 Å².